The summed E-state index contributed by atoms with van der Waals surface area (Å²) in [6.07, 6.45) is 4.81. The Morgan fingerprint density at radius 1 is 1.11 bits per heavy atom. The van der Waals surface area contributed by atoms with Gasteiger partial charge < -0.3 is 11.1 Å². The lowest BCUT2D eigenvalue weighted by atomic mass is 10.2. The van der Waals surface area contributed by atoms with Gasteiger partial charge in [0.05, 0.1) is 6.54 Å². The van der Waals surface area contributed by atoms with Crippen LogP contribution < -0.4 is 11.1 Å². The first-order valence-electron chi connectivity index (χ1n) is 6.09. The number of carbonyl (C=O) groups is 4. The molecule has 1 aliphatic heterocycles. The third-order valence-corrected chi connectivity index (χ3v) is 2.65. The number of hydrogen-bond donors (Lipinski definition) is 2. The van der Waals surface area contributed by atoms with Crippen molar-refractivity contribution >= 4 is 23.6 Å². The van der Waals surface area contributed by atoms with E-state index in [1.54, 1.807) is 0 Å². The minimum atomic E-state index is -0.577. The standard InChI is InChI=1S/C12H17N3O4/c13-9(16)8-14-10(17)4-2-1-3-7-15-11(18)5-6-12(15)19/h5-6H,1-4,7-8H2,(H2,13,16)(H,14,17). The minimum absolute atomic E-state index is 0.152. The molecule has 4 amide bonds. The zero-order valence-electron chi connectivity index (χ0n) is 10.6. The summed E-state index contributed by atoms with van der Waals surface area (Å²) in [4.78, 5) is 45.3. The number of primary amides is 1. The predicted octanol–water partition coefficient (Wildman–Crippen LogP) is -0.927. The van der Waals surface area contributed by atoms with Crippen molar-refractivity contribution in [1.29, 1.82) is 0 Å². The van der Waals surface area contributed by atoms with E-state index in [0.29, 0.717) is 25.8 Å². The van der Waals surface area contributed by atoms with Crippen LogP contribution in [0.4, 0.5) is 0 Å². The Morgan fingerprint density at radius 3 is 2.32 bits per heavy atom. The second-order valence-corrected chi connectivity index (χ2v) is 4.22. The van der Waals surface area contributed by atoms with Gasteiger partial charge in [0.25, 0.3) is 11.8 Å². The second kappa shape index (κ2) is 7.30. The Morgan fingerprint density at radius 2 is 1.74 bits per heavy atom. The van der Waals surface area contributed by atoms with Gasteiger partial charge >= 0.3 is 0 Å². The van der Waals surface area contributed by atoms with Gasteiger partial charge in [0.2, 0.25) is 11.8 Å². The van der Waals surface area contributed by atoms with E-state index in [9.17, 15) is 19.2 Å². The van der Waals surface area contributed by atoms with Crippen molar-refractivity contribution in [1.82, 2.24) is 10.2 Å². The molecule has 7 nitrogen and oxygen atoms in total. The molecule has 0 spiro atoms. The molecule has 104 valence electrons. The fourth-order valence-electron chi connectivity index (χ4n) is 1.66. The molecule has 0 saturated carbocycles. The molecule has 0 aliphatic carbocycles. The summed E-state index contributed by atoms with van der Waals surface area (Å²) in [6.45, 7) is 0.217. The SMILES string of the molecule is NC(=O)CNC(=O)CCCCCN1C(=O)C=CC1=O. The summed E-state index contributed by atoms with van der Waals surface area (Å²) in [6, 6.07) is 0. The van der Waals surface area contributed by atoms with Gasteiger partial charge in [0, 0.05) is 25.1 Å². The van der Waals surface area contributed by atoms with Gasteiger partial charge in [0.1, 0.15) is 0 Å². The lowest BCUT2D eigenvalue weighted by Gasteiger charge is -2.12. The Kier molecular flexibility index (Phi) is 5.72. The Balaban J connectivity index is 2.05. The molecule has 19 heavy (non-hydrogen) atoms. The topological polar surface area (TPSA) is 110 Å². The van der Waals surface area contributed by atoms with Gasteiger partial charge in [0.15, 0.2) is 0 Å². The quantitative estimate of drug-likeness (QED) is 0.437. The Labute approximate surface area is 110 Å². The number of nitrogens with zero attached hydrogens (tertiary/aromatic N) is 1. The van der Waals surface area contributed by atoms with Crippen LogP contribution in [0.3, 0.4) is 0 Å². The number of imide groups is 1. The lowest BCUT2D eigenvalue weighted by Crippen LogP contribution is -2.33. The maximum atomic E-state index is 11.2. The Hall–Kier alpha value is -2.18. The van der Waals surface area contributed by atoms with Crippen molar-refractivity contribution in [3.63, 3.8) is 0 Å². The minimum Gasteiger partial charge on any atom is -0.368 e. The molecule has 0 aromatic carbocycles. The summed E-state index contributed by atoms with van der Waals surface area (Å²) < 4.78 is 0. The lowest BCUT2D eigenvalue weighted by molar-refractivity contribution is -0.137. The predicted molar refractivity (Wildman–Crippen MR) is 66.5 cm³/mol. The molecule has 0 aromatic heterocycles. The number of nitrogens with one attached hydrogen (secondary N) is 1. The van der Waals surface area contributed by atoms with Gasteiger partial charge in [-0.05, 0) is 12.8 Å². The van der Waals surface area contributed by atoms with Crippen molar-refractivity contribution in [2.24, 2.45) is 5.73 Å². The molecular weight excluding hydrogens is 250 g/mol. The van der Waals surface area contributed by atoms with Gasteiger partial charge in [-0.3, -0.25) is 24.1 Å². The number of carbonyl (C=O) groups excluding carboxylic acids is 4. The van der Waals surface area contributed by atoms with Gasteiger partial charge in [-0.2, -0.15) is 0 Å². The highest BCUT2D eigenvalue weighted by Crippen LogP contribution is 2.07. The smallest absolute Gasteiger partial charge is 0.253 e. The number of amides is 4. The summed E-state index contributed by atoms with van der Waals surface area (Å²) in [7, 11) is 0. The van der Waals surface area contributed by atoms with E-state index >= 15 is 0 Å². The molecule has 0 atom stereocenters. The maximum Gasteiger partial charge on any atom is 0.253 e. The highest BCUT2D eigenvalue weighted by Gasteiger charge is 2.22. The van der Waals surface area contributed by atoms with Crippen LogP contribution in [-0.4, -0.2) is 41.6 Å². The van der Waals surface area contributed by atoms with Crippen LogP contribution in [0.1, 0.15) is 25.7 Å². The zero-order chi connectivity index (χ0) is 14.3. The van der Waals surface area contributed by atoms with Crippen LogP contribution in [0.5, 0.6) is 0 Å². The van der Waals surface area contributed by atoms with Crippen LogP contribution in [0, 0.1) is 0 Å². The number of rotatable bonds is 8. The third-order valence-electron chi connectivity index (χ3n) is 2.65. The second-order valence-electron chi connectivity index (χ2n) is 4.22. The molecule has 0 saturated heterocycles. The van der Waals surface area contributed by atoms with Crippen LogP contribution >= 0.6 is 0 Å². The number of nitrogens with two attached hydrogens (primary N) is 1. The van der Waals surface area contributed by atoms with Gasteiger partial charge in [-0.15, -0.1) is 0 Å². The monoisotopic (exact) mass is 267 g/mol. The van der Waals surface area contributed by atoms with E-state index in [1.807, 2.05) is 0 Å². The van der Waals surface area contributed by atoms with Gasteiger partial charge in [-0.1, -0.05) is 6.42 Å². The molecule has 1 aliphatic rings. The zero-order valence-corrected chi connectivity index (χ0v) is 10.6. The number of unbranched alkanes of at least 4 members (excludes halogenated alkanes) is 2. The van der Waals surface area contributed by atoms with Crippen molar-refractivity contribution in [3.8, 4) is 0 Å². The molecular formula is C12H17N3O4. The average molecular weight is 267 g/mol. The largest absolute Gasteiger partial charge is 0.368 e. The van der Waals surface area contributed by atoms with E-state index in [-0.39, 0.29) is 24.3 Å². The third kappa shape index (κ3) is 5.33. The summed E-state index contributed by atoms with van der Waals surface area (Å²) in [5.41, 5.74) is 4.88. The van der Waals surface area contributed by atoms with Crippen LogP contribution in [0.25, 0.3) is 0 Å². The highest BCUT2D eigenvalue weighted by molar-refractivity contribution is 6.12. The molecule has 0 fully saturated rings. The van der Waals surface area contributed by atoms with E-state index in [0.717, 1.165) is 6.42 Å². The van der Waals surface area contributed by atoms with Crippen LogP contribution in [-0.2, 0) is 19.2 Å². The normalized spacial score (nSPS) is 14.0. The molecule has 0 bridgehead atoms. The fourth-order valence-corrected chi connectivity index (χ4v) is 1.66. The van der Waals surface area contributed by atoms with E-state index in [4.69, 9.17) is 5.73 Å². The molecule has 7 heteroatoms. The first-order valence-corrected chi connectivity index (χ1v) is 6.09. The van der Waals surface area contributed by atoms with Crippen molar-refractivity contribution < 1.29 is 19.2 Å². The van der Waals surface area contributed by atoms with Crippen molar-refractivity contribution in [3.05, 3.63) is 12.2 Å². The Bertz CT molecular complexity index is 399. The fraction of sp³-hybridized carbons (Fsp3) is 0.500. The van der Waals surface area contributed by atoms with Crippen LogP contribution in [0.15, 0.2) is 12.2 Å². The average Bonchev–Trinajstić information content (AvgIpc) is 2.67. The highest BCUT2D eigenvalue weighted by atomic mass is 16.2. The van der Waals surface area contributed by atoms with Crippen LogP contribution in [0.2, 0.25) is 0 Å². The first-order chi connectivity index (χ1) is 9.00. The van der Waals surface area contributed by atoms with E-state index in [2.05, 4.69) is 5.32 Å². The molecule has 0 aromatic rings. The first kappa shape index (κ1) is 14.9. The van der Waals surface area contributed by atoms with E-state index < -0.39 is 5.91 Å². The summed E-state index contributed by atoms with van der Waals surface area (Å²) in [5.74, 6) is -1.38. The molecule has 1 rings (SSSR count). The molecule has 0 radical (unpaired) electrons. The molecule has 3 N–H and O–H groups in total. The van der Waals surface area contributed by atoms with Gasteiger partial charge in [-0.25, -0.2) is 0 Å². The number of hydrogen-bond acceptors (Lipinski definition) is 4. The molecule has 1 heterocycles. The summed E-state index contributed by atoms with van der Waals surface area (Å²) >= 11 is 0. The van der Waals surface area contributed by atoms with Crippen molar-refractivity contribution in [2.45, 2.75) is 25.7 Å². The van der Waals surface area contributed by atoms with Crippen molar-refractivity contribution in [2.75, 3.05) is 13.1 Å². The van der Waals surface area contributed by atoms with E-state index in [1.165, 1.54) is 17.1 Å². The summed E-state index contributed by atoms with van der Waals surface area (Å²) in [5, 5.41) is 2.39. The maximum absolute atomic E-state index is 11.2. The molecule has 0 unspecified atom stereocenters.